The van der Waals surface area contributed by atoms with E-state index >= 15 is 0 Å². The van der Waals surface area contributed by atoms with E-state index in [0.717, 1.165) is 12.8 Å². The number of fused-ring (bicyclic) bond motifs is 2. The first kappa shape index (κ1) is 54.5. The summed E-state index contributed by atoms with van der Waals surface area (Å²) < 4.78 is 25.5. The number of benzene rings is 4. The van der Waals surface area contributed by atoms with Crippen LogP contribution in [0.4, 0.5) is 11.6 Å². The molecule has 410 valence electrons. The van der Waals surface area contributed by atoms with Gasteiger partial charge in [0.25, 0.3) is 0 Å². The molecule has 2 saturated heterocycles. The molecule has 11 rings (SSSR count). The maximum Gasteiger partial charge on any atom is 0.168 e. The van der Waals surface area contributed by atoms with Gasteiger partial charge < -0.3 is 61.1 Å². The predicted octanol–water partition coefficient (Wildman–Crippen LogP) is 5.55. The van der Waals surface area contributed by atoms with Crippen LogP contribution >= 0.6 is 0 Å². The van der Waals surface area contributed by atoms with Crippen LogP contribution in [0.1, 0.15) is 90.3 Å². The average molecular weight is 1060 g/mol. The lowest BCUT2D eigenvalue weighted by Gasteiger charge is -2.23. The Morgan fingerprint density at radius 2 is 0.949 bits per heavy atom. The first-order valence-electron chi connectivity index (χ1n) is 26.8. The molecule has 1 saturated carbocycles. The van der Waals surface area contributed by atoms with E-state index in [-0.39, 0.29) is 31.6 Å². The van der Waals surface area contributed by atoms with Crippen LogP contribution in [0.3, 0.4) is 0 Å². The Labute approximate surface area is 453 Å². The molecule has 78 heavy (non-hydrogen) atoms. The summed E-state index contributed by atoms with van der Waals surface area (Å²) in [4.78, 5) is 28.1. The van der Waals surface area contributed by atoms with Gasteiger partial charge >= 0.3 is 0 Å². The van der Waals surface area contributed by atoms with Gasteiger partial charge in [0.2, 0.25) is 0 Å². The zero-order valence-corrected chi connectivity index (χ0v) is 43.9. The van der Waals surface area contributed by atoms with Crippen molar-refractivity contribution >= 4 is 34.0 Å². The van der Waals surface area contributed by atoms with Gasteiger partial charge in [0.15, 0.2) is 46.4 Å². The summed E-state index contributed by atoms with van der Waals surface area (Å²) in [6, 6.07) is 41.8. The molecular weight excluding hydrogens is 993 g/mol. The number of nitrogens with one attached hydrogen (secondary N) is 3. The van der Waals surface area contributed by atoms with Crippen molar-refractivity contribution < 1.29 is 39.4 Å². The predicted molar refractivity (Wildman–Crippen MR) is 294 cm³/mol. The quantitative estimate of drug-likeness (QED) is 0.0465. The molecule has 3 fully saturated rings. The van der Waals surface area contributed by atoms with Gasteiger partial charge in [-0.2, -0.15) is 0 Å². The maximum absolute atomic E-state index is 10.9. The summed E-state index contributed by atoms with van der Waals surface area (Å²) in [7, 11) is 3.05. The van der Waals surface area contributed by atoms with Crippen molar-refractivity contribution in [1.29, 1.82) is 0 Å². The minimum atomic E-state index is -1.17. The molecule has 1 aliphatic carbocycles. The van der Waals surface area contributed by atoms with E-state index in [0.29, 0.717) is 71.3 Å². The molecule has 0 unspecified atom stereocenters. The van der Waals surface area contributed by atoms with Crippen molar-refractivity contribution in [2.75, 3.05) is 51.2 Å². The van der Waals surface area contributed by atoms with Crippen molar-refractivity contribution in [1.82, 2.24) is 44.4 Å². The van der Waals surface area contributed by atoms with E-state index in [2.05, 4.69) is 109 Å². The number of ether oxygens (including phenoxy) is 4. The highest BCUT2D eigenvalue weighted by Gasteiger charge is 2.45. The van der Waals surface area contributed by atoms with Crippen molar-refractivity contribution in [2.45, 2.75) is 112 Å². The minimum absolute atomic E-state index is 0.0748. The summed E-state index contributed by atoms with van der Waals surface area (Å²) in [5.41, 5.74) is 12.8. The number of hydrogen-bond donors (Lipinski definition) is 8. The monoisotopic (exact) mass is 1060 g/mol. The lowest BCUT2D eigenvalue weighted by atomic mass is 9.91. The number of rotatable bonds is 20. The second kappa shape index (κ2) is 25.8. The van der Waals surface area contributed by atoms with Crippen molar-refractivity contribution in [3.05, 3.63) is 168 Å². The third kappa shape index (κ3) is 12.2. The molecule has 4 aromatic carbocycles. The highest BCUT2D eigenvalue weighted by atomic mass is 16.6. The molecule has 9 N–H and O–H groups in total. The molecule has 4 aromatic heterocycles. The third-order valence-electron chi connectivity index (χ3n) is 14.9. The van der Waals surface area contributed by atoms with Crippen LogP contribution in [0.15, 0.2) is 134 Å². The smallest absolute Gasteiger partial charge is 0.168 e. The summed E-state index contributed by atoms with van der Waals surface area (Å²) in [5, 5.41) is 53.2. The van der Waals surface area contributed by atoms with Gasteiger partial charge in [-0.3, -0.25) is 9.13 Å². The van der Waals surface area contributed by atoms with Crippen molar-refractivity contribution in [2.24, 2.45) is 5.73 Å². The van der Waals surface area contributed by atoms with Gasteiger partial charge in [-0.25, -0.2) is 29.9 Å². The molecular formula is C58H70N12O8. The summed E-state index contributed by atoms with van der Waals surface area (Å²) in [6.45, 7) is 2.12. The number of aliphatic hydroxyl groups excluding tert-OH is 4. The van der Waals surface area contributed by atoms with Gasteiger partial charge in [-0.05, 0) is 35.1 Å². The second-order valence-electron chi connectivity index (χ2n) is 20.1. The number of aliphatic hydroxyl groups is 4. The fourth-order valence-corrected chi connectivity index (χ4v) is 10.8. The van der Waals surface area contributed by atoms with Crippen molar-refractivity contribution in [3.63, 3.8) is 0 Å². The fraction of sp³-hybridized carbons (Fsp3) is 0.414. The Kier molecular flexibility index (Phi) is 18.0. The highest BCUT2D eigenvalue weighted by Crippen LogP contribution is 2.36. The Morgan fingerprint density at radius 1 is 0.551 bits per heavy atom. The lowest BCUT2D eigenvalue weighted by Crippen LogP contribution is -2.33. The Hall–Kier alpha value is -6.82. The van der Waals surface area contributed by atoms with E-state index in [1.165, 1.54) is 62.1 Å². The number of methoxy groups -OCH3 is 2. The van der Waals surface area contributed by atoms with Gasteiger partial charge in [0, 0.05) is 45.2 Å². The minimum Gasteiger partial charge on any atom is -0.387 e. The van der Waals surface area contributed by atoms with Crippen LogP contribution in [0, 0.1) is 0 Å². The standard InChI is InChI=1S/C32H40N6O4.C26H30N6O4/c1-41-19-25-28(39)29(40)32(42-25)38-20-35-27-30(36-26(37-31(27)38)18-33-23-15-9-4-10-16-23)34-17-24(21-11-5-2-6-12-21)22-13-7-3-8-14-22;1-35-14-19-22(33)23(34)26(36-19)32-15-29-21-24(30-20(12-27)31-25(21)32)28-13-18(16-8-4-2-5-9-16)17-10-6-3-7-11-17/h2-3,5-8,11-14,20,23-25,28-29,32-33,39-40H,4,9-10,15-19H2,1H3,(H,34,36,37);2-11,15,18-19,22-23,26,33-34H,12-14,27H2,1H3,(H,28,30,31)/t25-,28-,29-,32-;19-,22-,23-,26-/m11/s1. The maximum atomic E-state index is 10.9. The molecule has 0 amide bonds. The molecule has 0 radical (unpaired) electrons. The van der Waals surface area contributed by atoms with Crippen LogP contribution in [0.5, 0.6) is 0 Å². The molecule has 8 atom stereocenters. The number of nitrogens with two attached hydrogens (primary N) is 1. The third-order valence-corrected chi connectivity index (χ3v) is 14.9. The first-order valence-corrected chi connectivity index (χ1v) is 26.8. The normalized spacial score (nSPS) is 22.6. The van der Waals surface area contributed by atoms with Crippen molar-refractivity contribution in [3.8, 4) is 0 Å². The SMILES string of the molecule is COC[C@H]1O[C@@H](n2cnc3c(NCC(c4ccccc4)c4ccccc4)nc(CN)nc32)[C@H](O)[C@@H]1O.COC[C@H]1O[C@@H](n2cnc3c(NCC(c4ccccc4)c4ccccc4)nc(CNC4CCCCC4)nc32)[C@H](O)[C@@H]1O. The average Bonchev–Trinajstić information content (AvgIpc) is 4.28. The molecule has 0 bridgehead atoms. The molecule has 6 heterocycles. The second-order valence-corrected chi connectivity index (χ2v) is 20.1. The molecule has 20 nitrogen and oxygen atoms in total. The summed E-state index contributed by atoms with van der Waals surface area (Å²) in [5.74, 6) is 2.38. The largest absolute Gasteiger partial charge is 0.387 e. The van der Waals surface area contributed by atoms with E-state index < -0.39 is 49.1 Å². The number of imidazole rings is 2. The van der Waals surface area contributed by atoms with Crippen LogP contribution in [0.2, 0.25) is 0 Å². The van der Waals surface area contributed by atoms with Crippen LogP contribution < -0.4 is 21.7 Å². The van der Waals surface area contributed by atoms with Gasteiger partial charge in [0.05, 0.1) is 39.0 Å². The van der Waals surface area contributed by atoms with E-state index in [9.17, 15) is 20.4 Å². The number of aromatic nitrogens is 8. The van der Waals surface area contributed by atoms with Gasteiger partial charge in [-0.1, -0.05) is 141 Å². The van der Waals surface area contributed by atoms with Gasteiger partial charge in [-0.15, -0.1) is 0 Å². The number of hydrogen-bond acceptors (Lipinski definition) is 18. The Morgan fingerprint density at radius 3 is 1.35 bits per heavy atom. The molecule has 20 heteroatoms. The topological polar surface area (TPSA) is 267 Å². The van der Waals surface area contributed by atoms with Crippen LogP contribution in [0.25, 0.3) is 22.3 Å². The van der Waals surface area contributed by atoms with E-state index in [1.54, 1.807) is 15.5 Å². The molecule has 0 spiro atoms. The zero-order chi connectivity index (χ0) is 54.0. The van der Waals surface area contributed by atoms with E-state index in [4.69, 9.17) is 34.6 Å². The van der Waals surface area contributed by atoms with Gasteiger partial charge in [0.1, 0.15) is 48.3 Å². The highest BCUT2D eigenvalue weighted by molar-refractivity contribution is 5.84. The first-order chi connectivity index (χ1) is 38.2. The lowest BCUT2D eigenvalue weighted by molar-refractivity contribution is -0.0580. The molecule has 2 aliphatic heterocycles. The summed E-state index contributed by atoms with van der Waals surface area (Å²) in [6.07, 6.45) is 1.64. The number of anilines is 2. The summed E-state index contributed by atoms with van der Waals surface area (Å²) >= 11 is 0. The Bertz CT molecular complexity index is 3060. The van der Waals surface area contributed by atoms with E-state index in [1.807, 2.05) is 48.5 Å². The van der Waals surface area contributed by atoms with Crippen LogP contribution in [-0.2, 0) is 32.0 Å². The van der Waals surface area contributed by atoms with Crippen LogP contribution in [-0.4, -0.2) is 143 Å². The Balaban J connectivity index is 0.000000179. The fourth-order valence-electron chi connectivity index (χ4n) is 10.8. The molecule has 3 aliphatic rings. The number of nitrogens with zero attached hydrogens (tertiary/aromatic N) is 8. The molecule has 8 aromatic rings. The zero-order valence-electron chi connectivity index (χ0n) is 43.9.